The van der Waals surface area contributed by atoms with Crippen molar-refractivity contribution in [1.82, 2.24) is 0 Å². The van der Waals surface area contributed by atoms with Crippen LogP contribution in [0.15, 0.2) is 12.1 Å². The standard InChI is InChI=1S/C11H14F2N2O2/c1-2-3-4-7-14-11-9(15(16)17)6-5-8(12)10(11)13/h5-6,14H,2-4,7H2,1H3. The van der Waals surface area contributed by atoms with Crippen molar-refractivity contribution in [1.29, 1.82) is 0 Å². The van der Waals surface area contributed by atoms with Crippen LogP contribution in [-0.4, -0.2) is 11.5 Å². The summed E-state index contributed by atoms with van der Waals surface area (Å²) in [7, 11) is 0. The predicted molar refractivity (Wildman–Crippen MR) is 61.0 cm³/mol. The molecule has 0 saturated carbocycles. The molecule has 0 fully saturated rings. The molecule has 0 heterocycles. The molecule has 0 saturated heterocycles. The van der Waals surface area contributed by atoms with E-state index in [-0.39, 0.29) is 5.69 Å². The van der Waals surface area contributed by atoms with E-state index in [1.54, 1.807) is 0 Å². The predicted octanol–water partition coefficient (Wildman–Crippen LogP) is 3.48. The van der Waals surface area contributed by atoms with E-state index in [0.29, 0.717) is 6.54 Å². The third-order valence-electron chi connectivity index (χ3n) is 2.35. The second-order valence-corrected chi connectivity index (χ2v) is 3.65. The van der Waals surface area contributed by atoms with Crippen molar-refractivity contribution >= 4 is 11.4 Å². The number of nitrogens with one attached hydrogen (secondary N) is 1. The summed E-state index contributed by atoms with van der Waals surface area (Å²) in [6, 6.07) is 1.71. The number of nitrogens with zero attached hydrogens (tertiary/aromatic N) is 1. The Bertz CT molecular complexity index is 411. The molecule has 4 nitrogen and oxygen atoms in total. The molecular formula is C11H14F2N2O2. The Morgan fingerprint density at radius 2 is 2.06 bits per heavy atom. The van der Waals surface area contributed by atoms with E-state index in [2.05, 4.69) is 5.32 Å². The fraction of sp³-hybridized carbons (Fsp3) is 0.455. The summed E-state index contributed by atoms with van der Waals surface area (Å²) < 4.78 is 26.4. The van der Waals surface area contributed by atoms with Gasteiger partial charge in [0.15, 0.2) is 17.3 Å². The SMILES string of the molecule is CCCCCNc1c([N+](=O)[O-])ccc(F)c1F. The van der Waals surface area contributed by atoms with Gasteiger partial charge in [0, 0.05) is 12.6 Å². The topological polar surface area (TPSA) is 55.2 Å². The molecule has 1 rings (SSSR count). The highest BCUT2D eigenvalue weighted by molar-refractivity contribution is 5.62. The lowest BCUT2D eigenvalue weighted by molar-refractivity contribution is -0.384. The molecule has 94 valence electrons. The summed E-state index contributed by atoms with van der Waals surface area (Å²) in [4.78, 5) is 9.92. The summed E-state index contributed by atoms with van der Waals surface area (Å²) in [5.74, 6) is -2.29. The third kappa shape index (κ3) is 3.37. The van der Waals surface area contributed by atoms with Gasteiger partial charge in [-0.15, -0.1) is 0 Å². The van der Waals surface area contributed by atoms with Crippen LogP contribution in [0, 0.1) is 21.7 Å². The maximum absolute atomic E-state index is 13.4. The van der Waals surface area contributed by atoms with Gasteiger partial charge >= 0.3 is 0 Å². The summed E-state index contributed by atoms with van der Waals surface area (Å²) in [5, 5.41) is 13.2. The molecule has 0 unspecified atom stereocenters. The molecule has 1 aromatic carbocycles. The summed E-state index contributed by atoms with van der Waals surface area (Å²) in [5.41, 5.74) is -0.813. The first-order chi connectivity index (χ1) is 8.07. The van der Waals surface area contributed by atoms with E-state index in [4.69, 9.17) is 0 Å². The third-order valence-corrected chi connectivity index (χ3v) is 2.35. The molecule has 0 spiro atoms. The molecule has 0 atom stereocenters. The number of nitro groups is 1. The fourth-order valence-corrected chi connectivity index (χ4v) is 1.45. The molecular weight excluding hydrogens is 230 g/mol. The average Bonchev–Trinajstić information content (AvgIpc) is 2.29. The van der Waals surface area contributed by atoms with E-state index in [1.807, 2.05) is 6.92 Å². The summed E-state index contributed by atoms with van der Waals surface area (Å²) in [6.45, 7) is 2.39. The van der Waals surface area contributed by atoms with Gasteiger partial charge in [-0.05, 0) is 12.5 Å². The smallest absolute Gasteiger partial charge is 0.295 e. The van der Waals surface area contributed by atoms with Crippen LogP contribution in [0.2, 0.25) is 0 Å². The van der Waals surface area contributed by atoms with E-state index in [1.165, 1.54) is 0 Å². The monoisotopic (exact) mass is 244 g/mol. The van der Waals surface area contributed by atoms with Crippen molar-refractivity contribution in [2.45, 2.75) is 26.2 Å². The van der Waals surface area contributed by atoms with Crippen molar-refractivity contribution in [2.75, 3.05) is 11.9 Å². The highest BCUT2D eigenvalue weighted by atomic mass is 19.2. The number of nitro benzene ring substituents is 1. The second kappa shape index (κ2) is 6.12. The van der Waals surface area contributed by atoms with Crippen LogP contribution in [0.3, 0.4) is 0 Å². The Morgan fingerprint density at radius 3 is 2.65 bits per heavy atom. The molecule has 0 bridgehead atoms. The van der Waals surface area contributed by atoms with Crippen LogP contribution >= 0.6 is 0 Å². The van der Waals surface area contributed by atoms with Gasteiger partial charge in [0.2, 0.25) is 0 Å². The molecule has 1 N–H and O–H groups in total. The molecule has 0 radical (unpaired) electrons. The Labute approximate surface area is 97.8 Å². The van der Waals surface area contributed by atoms with Crippen molar-refractivity contribution in [3.8, 4) is 0 Å². The zero-order chi connectivity index (χ0) is 12.8. The largest absolute Gasteiger partial charge is 0.377 e. The number of rotatable bonds is 6. The lowest BCUT2D eigenvalue weighted by Gasteiger charge is -2.08. The van der Waals surface area contributed by atoms with Gasteiger partial charge in [0.25, 0.3) is 5.69 Å². The molecule has 0 aromatic heterocycles. The lowest BCUT2D eigenvalue weighted by Crippen LogP contribution is -2.07. The average molecular weight is 244 g/mol. The number of unbranched alkanes of at least 4 members (excludes halogenated alkanes) is 2. The van der Waals surface area contributed by atoms with E-state index in [9.17, 15) is 18.9 Å². The molecule has 6 heteroatoms. The number of hydrogen-bond donors (Lipinski definition) is 1. The number of anilines is 1. The first kappa shape index (κ1) is 13.3. The van der Waals surface area contributed by atoms with Crippen molar-refractivity contribution in [2.24, 2.45) is 0 Å². The number of hydrogen-bond acceptors (Lipinski definition) is 3. The van der Waals surface area contributed by atoms with Crippen LogP contribution in [-0.2, 0) is 0 Å². The maximum Gasteiger partial charge on any atom is 0.295 e. The lowest BCUT2D eigenvalue weighted by atomic mass is 10.2. The van der Waals surface area contributed by atoms with E-state index in [0.717, 1.165) is 31.4 Å². The minimum Gasteiger partial charge on any atom is -0.377 e. The second-order valence-electron chi connectivity index (χ2n) is 3.65. The normalized spacial score (nSPS) is 10.3. The van der Waals surface area contributed by atoms with Crippen LogP contribution in [0.25, 0.3) is 0 Å². The van der Waals surface area contributed by atoms with Crippen molar-refractivity contribution in [3.63, 3.8) is 0 Å². The number of halogens is 2. The first-order valence-corrected chi connectivity index (χ1v) is 5.44. The van der Waals surface area contributed by atoms with Crippen molar-refractivity contribution < 1.29 is 13.7 Å². The fourth-order valence-electron chi connectivity index (χ4n) is 1.45. The quantitative estimate of drug-likeness (QED) is 0.473. The Morgan fingerprint density at radius 1 is 1.35 bits per heavy atom. The van der Waals surface area contributed by atoms with Gasteiger partial charge < -0.3 is 5.32 Å². The zero-order valence-electron chi connectivity index (χ0n) is 9.50. The highest BCUT2D eigenvalue weighted by Crippen LogP contribution is 2.28. The van der Waals surface area contributed by atoms with Crippen LogP contribution < -0.4 is 5.32 Å². The van der Waals surface area contributed by atoms with Crippen LogP contribution in [0.4, 0.5) is 20.2 Å². The minimum atomic E-state index is -1.20. The maximum atomic E-state index is 13.4. The van der Waals surface area contributed by atoms with Gasteiger partial charge in [0.05, 0.1) is 4.92 Å². The van der Waals surface area contributed by atoms with E-state index < -0.39 is 22.2 Å². The van der Waals surface area contributed by atoms with Crippen molar-refractivity contribution in [3.05, 3.63) is 33.9 Å². The molecule has 17 heavy (non-hydrogen) atoms. The summed E-state index contributed by atoms with van der Waals surface area (Å²) >= 11 is 0. The Balaban J connectivity index is 2.86. The first-order valence-electron chi connectivity index (χ1n) is 5.44. The van der Waals surface area contributed by atoms with Gasteiger partial charge in [-0.2, -0.15) is 0 Å². The number of benzene rings is 1. The molecule has 0 aliphatic rings. The van der Waals surface area contributed by atoms with Gasteiger partial charge in [-0.25, -0.2) is 8.78 Å². The van der Waals surface area contributed by atoms with E-state index >= 15 is 0 Å². The molecule has 1 aromatic rings. The van der Waals surface area contributed by atoms with Gasteiger partial charge in [-0.3, -0.25) is 10.1 Å². The van der Waals surface area contributed by atoms with Gasteiger partial charge in [-0.1, -0.05) is 19.8 Å². The Hall–Kier alpha value is -1.72. The Kier molecular flexibility index (Phi) is 4.81. The van der Waals surface area contributed by atoms with Gasteiger partial charge in [0.1, 0.15) is 0 Å². The molecule has 0 amide bonds. The zero-order valence-corrected chi connectivity index (χ0v) is 9.50. The molecule has 0 aliphatic heterocycles. The molecule has 0 aliphatic carbocycles. The van der Waals surface area contributed by atoms with Crippen LogP contribution in [0.5, 0.6) is 0 Å². The van der Waals surface area contributed by atoms with Crippen LogP contribution in [0.1, 0.15) is 26.2 Å². The summed E-state index contributed by atoms with van der Waals surface area (Å²) in [6.07, 6.45) is 2.66. The highest BCUT2D eigenvalue weighted by Gasteiger charge is 2.20. The minimum absolute atomic E-state index is 0.369.